The van der Waals surface area contributed by atoms with E-state index in [-0.39, 0.29) is 12.2 Å². The van der Waals surface area contributed by atoms with Crippen molar-refractivity contribution in [2.24, 2.45) is 0 Å². The summed E-state index contributed by atoms with van der Waals surface area (Å²) >= 11 is 5.77. The van der Waals surface area contributed by atoms with Gasteiger partial charge >= 0.3 is 6.18 Å². The number of carbonyl (C=O) groups is 1. The lowest BCUT2D eigenvalue weighted by Gasteiger charge is -2.18. The van der Waals surface area contributed by atoms with Gasteiger partial charge in [-0.25, -0.2) is 4.68 Å². The van der Waals surface area contributed by atoms with Crippen molar-refractivity contribution in [2.75, 3.05) is 26.2 Å². The summed E-state index contributed by atoms with van der Waals surface area (Å²) in [6.07, 6.45) is -3.80. The molecular formula is C17H20ClF3N4O. The lowest BCUT2D eigenvalue weighted by atomic mass is 10.2. The highest BCUT2D eigenvalue weighted by atomic mass is 35.5. The van der Waals surface area contributed by atoms with Gasteiger partial charge in [0.15, 0.2) is 5.69 Å². The van der Waals surface area contributed by atoms with Crippen molar-refractivity contribution in [1.82, 2.24) is 20.0 Å². The molecule has 0 unspecified atom stereocenters. The molecule has 1 heterocycles. The quantitative estimate of drug-likeness (QED) is 0.788. The van der Waals surface area contributed by atoms with Crippen LogP contribution in [0.3, 0.4) is 0 Å². The molecule has 1 N–H and O–H groups in total. The van der Waals surface area contributed by atoms with E-state index < -0.39 is 23.3 Å². The largest absolute Gasteiger partial charge is 0.434 e. The van der Waals surface area contributed by atoms with E-state index in [1.807, 2.05) is 13.8 Å². The van der Waals surface area contributed by atoms with Gasteiger partial charge in [0.2, 0.25) is 0 Å². The molecule has 1 aromatic carbocycles. The third-order valence-corrected chi connectivity index (χ3v) is 4.21. The van der Waals surface area contributed by atoms with Crippen LogP contribution in [0.25, 0.3) is 5.69 Å². The molecular weight excluding hydrogens is 369 g/mol. The Morgan fingerprint density at radius 1 is 1.23 bits per heavy atom. The number of alkyl halides is 3. The number of hydrogen-bond donors (Lipinski definition) is 1. The third kappa shape index (κ3) is 4.76. The van der Waals surface area contributed by atoms with Gasteiger partial charge in [0.1, 0.15) is 0 Å². The number of hydrogen-bond acceptors (Lipinski definition) is 3. The first-order chi connectivity index (χ1) is 12.3. The SMILES string of the molecule is CCN(CC)CCNC(=O)c1cnn(-c2ccc(Cl)cc2)c1C(F)(F)F. The molecule has 9 heteroatoms. The predicted molar refractivity (Wildman–Crippen MR) is 93.7 cm³/mol. The van der Waals surface area contributed by atoms with Crippen molar-refractivity contribution in [3.8, 4) is 5.69 Å². The molecule has 1 aromatic heterocycles. The van der Waals surface area contributed by atoms with E-state index in [4.69, 9.17) is 11.6 Å². The number of aromatic nitrogens is 2. The Balaban J connectivity index is 2.26. The van der Waals surface area contributed by atoms with Crippen LogP contribution in [0.2, 0.25) is 5.02 Å². The summed E-state index contributed by atoms with van der Waals surface area (Å²) in [5.74, 6) is -0.801. The van der Waals surface area contributed by atoms with E-state index in [9.17, 15) is 18.0 Å². The van der Waals surface area contributed by atoms with Crippen LogP contribution in [-0.2, 0) is 6.18 Å². The summed E-state index contributed by atoms with van der Waals surface area (Å²) in [6.45, 7) is 6.37. The van der Waals surface area contributed by atoms with Crippen LogP contribution in [0, 0.1) is 0 Å². The van der Waals surface area contributed by atoms with E-state index >= 15 is 0 Å². The number of nitrogens with zero attached hydrogens (tertiary/aromatic N) is 3. The van der Waals surface area contributed by atoms with E-state index in [0.717, 1.165) is 19.3 Å². The zero-order valence-electron chi connectivity index (χ0n) is 14.5. The Hall–Kier alpha value is -2.06. The van der Waals surface area contributed by atoms with E-state index in [1.165, 1.54) is 24.3 Å². The highest BCUT2D eigenvalue weighted by Crippen LogP contribution is 2.33. The normalized spacial score (nSPS) is 11.8. The van der Waals surface area contributed by atoms with Crippen LogP contribution >= 0.6 is 11.6 Å². The second-order valence-corrected chi connectivity index (χ2v) is 6.01. The first-order valence-electron chi connectivity index (χ1n) is 8.19. The van der Waals surface area contributed by atoms with Crippen LogP contribution in [-0.4, -0.2) is 46.8 Å². The van der Waals surface area contributed by atoms with Crippen LogP contribution in [0.1, 0.15) is 29.9 Å². The van der Waals surface area contributed by atoms with Crippen molar-refractivity contribution < 1.29 is 18.0 Å². The Labute approximate surface area is 154 Å². The second kappa shape index (κ2) is 8.55. The summed E-state index contributed by atoms with van der Waals surface area (Å²) in [5, 5.41) is 6.68. The standard InChI is InChI=1S/C17H20ClF3N4O/c1-3-24(4-2)10-9-22-16(26)14-11-23-25(15(14)17(19,20)21)13-7-5-12(18)6-8-13/h5-8,11H,3-4,9-10H2,1-2H3,(H,22,26). The number of rotatable bonds is 7. The molecule has 5 nitrogen and oxygen atoms in total. The third-order valence-electron chi connectivity index (χ3n) is 3.96. The smallest absolute Gasteiger partial charge is 0.351 e. The Bertz CT molecular complexity index is 739. The van der Waals surface area contributed by atoms with Crippen molar-refractivity contribution in [1.29, 1.82) is 0 Å². The summed E-state index contributed by atoms with van der Waals surface area (Å²) in [6, 6.07) is 5.74. The van der Waals surface area contributed by atoms with E-state index in [0.29, 0.717) is 16.2 Å². The number of likely N-dealkylation sites (N-methyl/N-ethyl adjacent to an activating group) is 1. The summed E-state index contributed by atoms with van der Waals surface area (Å²) in [7, 11) is 0. The first-order valence-corrected chi connectivity index (χ1v) is 8.57. The number of carbonyl (C=O) groups excluding carboxylic acids is 1. The number of benzene rings is 1. The molecule has 2 rings (SSSR count). The van der Waals surface area contributed by atoms with Crippen molar-refractivity contribution >= 4 is 17.5 Å². The maximum atomic E-state index is 13.6. The molecule has 26 heavy (non-hydrogen) atoms. The molecule has 1 amide bonds. The van der Waals surface area contributed by atoms with Gasteiger partial charge in [-0.05, 0) is 37.4 Å². The Morgan fingerprint density at radius 2 is 1.85 bits per heavy atom. The topological polar surface area (TPSA) is 50.2 Å². The molecule has 0 bridgehead atoms. The predicted octanol–water partition coefficient (Wildman–Crippen LogP) is 3.62. The van der Waals surface area contributed by atoms with Gasteiger partial charge in [0.05, 0.1) is 17.4 Å². The number of nitrogens with one attached hydrogen (secondary N) is 1. The molecule has 0 radical (unpaired) electrons. The highest BCUT2D eigenvalue weighted by molar-refractivity contribution is 6.30. The summed E-state index contributed by atoms with van der Waals surface area (Å²) < 4.78 is 41.4. The molecule has 0 aliphatic heterocycles. The Kier molecular flexibility index (Phi) is 6.66. The van der Waals surface area contributed by atoms with Crippen molar-refractivity contribution in [3.05, 3.63) is 46.7 Å². The monoisotopic (exact) mass is 388 g/mol. The number of amides is 1. The van der Waals surface area contributed by atoms with Crippen LogP contribution in [0.15, 0.2) is 30.5 Å². The van der Waals surface area contributed by atoms with Gasteiger partial charge in [-0.1, -0.05) is 25.4 Å². The lowest BCUT2D eigenvalue weighted by Crippen LogP contribution is -2.35. The molecule has 0 spiro atoms. The van der Waals surface area contributed by atoms with Crippen molar-refractivity contribution in [2.45, 2.75) is 20.0 Å². The van der Waals surface area contributed by atoms with Crippen LogP contribution < -0.4 is 5.32 Å². The molecule has 0 aliphatic rings. The molecule has 0 saturated carbocycles. The summed E-state index contributed by atoms with van der Waals surface area (Å²) in [5.41, 5.74) is -1.45. The van der Waals surface area contributed by atoms with Crippen LogP contribution in [0.4, 0.5) is 13.2 Å². The minimum atomic E-state index is -4.73. The number of halogens is 4. The maximum Gasteiger partial charge on any atom is 0.434 e. The first kappa shape index (κ1) is 20.3. The molecule has 0 fully saturated rings. The molecule has 0 aliphatic carbocycles. The van der Waals surface area contributed by atoms with Gasteiger partial charge in [-0.2, -0.15) is 18.3 Å². The molecule has 0 atom stereocenters. The molecule has 0 saturated heterocycles. The average molecular weight is 389 g/mol. The highest BCUT2D eigenvalue weighted by Gasteiger charge is 2.40. The Morgan fingerprint density at radius 3 is 2.38 bits per heavy atom. The van der Waals surface area contributed by atoms with Gasteiger partial charge in [-0.3, -0.25) is 4.79 Å². The fourth-order valence-corrected chi connectivity index (χ4v) is 2.65. The van der Waals surface area contributed by atoms with Gasteiger partial charge in [-0.15, -0.1) is 0 Å². The van der Waals surface area contributed by atoms with E-state index in [1.54, 1.807) is 0 Å². The molecule has 142 valence electrons. The van der Waals surface area contributed by atoms with Gasteiger partial charge in [0.25, 0.3) is 5.91 Å². The zero-order chi connectivity index (χ0) is 19.3. The average Bonchev–Trinajstić information content (AvgIpc) is 3.05. The summed E-state index contributed by atoms with van der Waals surface area (Å²) in [4.78, 5) is 14.3. The maximum absolute atomic E-state index is 13.6. The second-order valence-electron chi connectivity index (χ2n) is 5.58. The zero-order valence-corrected chi connectivity index (χ0v) is 15.2. The minimum absolute atomic E-state index is 0.170. The lowest BCUT2D eigenvalue weighted by molar-refractivity contribution is -0.143. The van der Waals surface area contributed by atoms with Crippen molar-refractivity contribution in [3.63, 3.8) is 0 Å². The fourth-order valence-electron chi connectivity index (χ4n) is 2.53. The minimum Gasteiger partial charge on any atom is -0.351 e. The van der Waals surface area contributed by atoms with Gasteiger partial charge < -0.3 is 10.2 Å². The molecule has 2 aromatic rings. The van der Waals surface area contributed by atoms with Gasteiger partial charge in [0, 0.05) is 18.1 Å². The van der Waals surface area contributed by atoms with E-state index in [2.05, 4.69) is 15.3 Å². The van der Waals surface area contributed by atoms with Crippen LogP contribution in [0.5, 0.6) is 0 Å². The fraction of sp³-hybridized carbons (Fsp3) is 0.412.